The van der Waals surface area contributed by atoms with Crippen molar-refractivity contribution < 1.29 is 9.18 Å². The second kappa shape index (κ2) is 9.27. The highest BCUT2D eigenvalue weighted by atomic mass is 19.1. The Kier molecular flexibility index (Phi) is 6.28. The van der Waals surface area contributed by atoms with Crippen molar-refractivity contribution in [3.63, 3.8) is 0 Å². The Morgan fingerprint density at radius 3 is 2.23 bits per heavy atom. The van der Waals surface area contributed by atoms with Gasteiger partial charge in [0.05, 0.1) is 17.8 Å². The van der Waals surface area contributed by atoms with Gasteiger partial charge in [0.1, 0.15) is 5.82 Å². The van der Waals surface area contributed by atoms with E-state index in [2.05, 4.69) is 40.0 Å². The van der Waals surface area contributed by atoms with E-state index in [1.165, 1.54) is 23.3 Å². The normalized spacial score (nSPS) is 14.9. The van der Waals surface area contributed by atoms with Crippen molar-refractivity contribution in [3.8, 4) is 0 Å². The summed E-state index contributed by atoms with van der Waals surface area (Å²) < 4.78 is 15.1. The smallest absolute Gasteiger partial charge is 0.254 e. The van der Waals surface area contributed by atoms with Crippen molar-refractivity contribution in [2.24, 2.45) is 7.05 Å². The van der Waals surface area contributed by atoms with Gasteiger partial charge < -0.3 is 10.6 Å². The number of hydrogen-bond donors (Lipinski definition) is 2. The molecule has 0 unspecified atom stereocenters. The molecule has 2 heterocycles. The van der Waals surface area contributed by atoms with E-state index < -0.39 is 0 Å². The summed E-state index contributed by atoms with van der Waals surface area (Å²) in [7, 11) is 1.79. The fourth-order valence-electron chi connectivity index (χ4n) is 4.01. The minimum absolute atomic E-state index is 0.137. The molecule has 160 valence electrons. The molecule has 2 aromatic carbocycles. The maximum atomic E-state index is 13.5. The number of hydrogen-bond acceptors (Lipinski definition) is 3. The van der Waals surface area contributed by atoms with Gasteiger partial charge in [0, 0.05) is 13.2 Å². The zero-order chi connectivity index (χ0) is 21.8. The van der Waals surface area contributed by atoms with Crippen LogP contribution in [-0.2, 0) is 7.05 Å². The molecule has 6 heteroatoms. The SMILES string of the molecule is C[C@@H](NC(=O)c1cnn(C)c1)c1ccc(C(=C2CCNCC2)c2ccc(F)cc2)cc1. The maximum Gasteiger partial charge on any atom is 0.254 e. The van der Waals surface area contributed by atoms with Crippen LogP contribution < -0.4 is 10.6 Å². The molecule has 0 radical (unpaired) electrons. The van der Waals surface area contributed by atoms with Gasteiger partial charge in [-0.15, -0.1) is 0 Å². The van der Waals surface area contributed by atoms with Crippen LogP contribution in [-0.4, -0.2) is 28.8 Å². The largest absolute Gasteiger partial charge is 0.345 e. The monoisotopic (exact) mass is 418 g/mol. The molecule has 1 amide bonds. The first kappa shape index (κ1) is 21.0. The van der Waals surface area contributed by atoms with Gasteiger partial charge in [-0.3, -0.25) is 9.48 Å². The number of nitrogens with zero attached hydrogens (tertiary/aromatic N) is 2. The fourth-order valence-corrected chi connectivity index (χ4v) is 4.01. The summed E-state index contributed by atoms with van der Waals surface area (Å²) in [6.45, 7) is 3.88. The molecule has 4 rings (SSSR count). The summed E-state index contributed by atoms with van der Waals surface area (Å²) in [6, 6.07) is 14.9. The molecule has 1 saturated heterocycles. The highest BCUT2D eigenvalue weighted by Gasteiger charge is 2.17. The van der Waals surface area contributed by atoms with E-state index in [4.69, 9.17) is 0 Å². The van der Waals surface area contributed by atoms with Crippen LogP contribution in [0.15, 0.2) is 66.5 Å². The van der Waals surface area contributed by atoms with Gasteiger partial charge in [0.15, 0.2) is 0 Å². The van der Waals surface area contributed by atoms with Gasteiger partial charge >= 0.3 is 0 Å². The maximum absolute atomic E-state index is 13.5. The molecule has 3 aromatic rings. The number of aryl methyl sites for hydroxylation is 1. The second-order valence-electron chi connectivity index (χ2n) is 7.96. The van der Waals surface area contributed by atoms with Crippen LogP contribution in [0.5, 0.6) is 0 Å². The van der Waals surface area contributed by atoms with Crippen LogP contribution in [0, 0.1) is 5.82 Å². The van der Waals surface area contributed by atoms with Gasteiger partial charge in [-0.2, -0.15) is 5.10 Å². The van der Waals surface area contributed by atoms with Crippen molar-refractivity contribution in [1.29, 1.82) is 0 Å². The minimum Gasteiger partial charge on any atom is -0.345 e. The molecule has 0 bridgehead atoms. The van der Waals surface area contributed by atoms with Crippen LogP contribution in [0.2, 0.25) is 0 Å². The van der Waals surface area contributed by atoms with Crippen molar-refractivity contribution >= 4 is 11.5 Å². The Morgan fingerprint density at radius 2 is 1.65 bits per heavy atom. The van der Waals surface area contributed by atoms with Crippen molar-refractivity contribution in [3.05, 3.63) is 94.6 Å². The number of rotatable bonds is 5. The van der Waals surface area contributed by atoms with E-state index in [0.717, 1.165) is 42.6 Å². The molecule has 1 aliphatic heterocycles. The first-order chi connectivity index (χ1) is 15.0. The topological polar surface area (TPSA) is 59.0 Å². The first-order valence-electron chi connectivity index (χ1n) is 10.6. The third-order valence-electron chi connectivity index (χ3n) is 5.71. The Bertz CT molecular complexity index is 1080. The molecular formula is C25H27FN4O. The lowest BCUT2D eigenvalue weighted by Crippen LogP contribution is -2.26. The highest BCUT2D eigenvalue weighted by molar-refractivity contribution is 5.94. The summed E-state index contributed by atoms with van der Waals surface area (Å²) >= 11 is 0. The molecule has 5 nitrogen and oxygen atoms in total. The number of carbonyl (C=O) groups excluding carboxylic acids is 1. The highest BCUT2D eigenvalue weighted by Crippen LogP contribution is 2.32. The van der Waals surface area contributed by atoms with Gasteiger partial charge in [-0.1, -0.05) is 42.0 Å². The van der Waals surface area contributed by atoms with Gasteiger partial charge in [-0.25, -0.2) is 4.39 Å². The molecule has 1 fully saturated rings. The predicted molar refractivity (Wildman–Crippen MR) is 120 cm³/mol. The average Bonchev–Trinajstić information content (AvgIpc) is 3.23. The van der Waals surface area contributed by atoms with Crippen LogP contribution in [0.4, 0.5) is 4.39 Å². The summed E-state index contributed by atoms with van der Waals surface area (Å²) in [5, 5.41) is 10.5. The molecule has 0 aliphatic carbocycles. The molecule has 0 saturated carbocycles. The lowest BCUT2D eigenvalue weighted by molar-refractivity contribution is 0.0940. The Morgan fingerprint density at radius 1 is 1.03 bits per heavy atom. The summed E-state index contributed by atoms with van der Waals surface area (Å²) in [5.41, 5.74) is 6.27. The molecule has 1 aliphatic rings. The Hall–Kier alpha value is -3.25. The quantitative estimate of drug-likeness (QED) is 0.652. The number of piperidine rings is 1. The molecule has 0 spiro atoms. The Balaban J connectivity index is 1.58. The zero-order valence-electron chi connectivity index (χ0n) is 17.9. The number of aromatic nitrogens is 2. The summed E-state index contributed by atoms with van der Waals surface area (Å²) in [6.07, 6.45) is 5.22. The lowest BCUT2D eigenvalue weighted by Gasteiger charge is -2.22. The lowest BCUT2D eigenvalue weighted by atomic mass is 9.88. The van der Waals surface area contributed by atoms with Crippen LogP contribution >= 0.6 is 0 Å². The average molecular weight is 419 g/mol. The fraction of sp³-hybridized carbons (Fsp3) is 0.280. The number of amides is 1. The van der Waals surface area contributed by atoms with Crippen molar-refractivity contribution in [1.82, 2.24) is 20.4 Å². The van der Waals surface area contributed by atoms with Crippen molar-refractivity contribution in [2.75, 3.05) is 13.1 Å². The van der Waals surface area contributed by atoms with E-state index in [1.807, 2.05) is 19.1 Å². The standard InChI is InChI=1S/C25H27FN4O/c1-17(29-25(31)22-15-28-30(2)16-22)18-3-5-19(6-4-18)24(21-11-13-27-14-12-21)20-7-9-23(26)10-8-20/h3-10,15-17,27H,11-14H2,1-2H3,(H,29,31)/t17-/m1/s1. The van der Waals surface area contributed by atoms with E-state index in [-0.39, 0.29) is 17.8 Å². The van der Waals surface area contributed by atoms with Crippen LogP contribution in [0.25, 0.3) is 5.57 Å². The first-order valence-corrected chi connectivity index (χ1v) is 10.6. The minimum atomic E-state index is -0.230. The third-order valence-corrected chi connectivity index (χ3v) is 5.71. The number of benzene rings is 2. The molecule has 2 N–H and O–H groups in total. The van der Waals surface area contributed by atoms with E-state index in [1.54, 1.807) is 24.1 Å². The van der Waals surface area contributed by atoms with E-state index >= 15 is 0 Å². The van der Waals surface area contributed by atoms with Crippen LogP contribution in [0.1, 0.15) is 52.9 Å². The van der Waals surface area contributed by atoms with Crippen LogP contribution in [0.3, 0.4) is 0 Å². The van der Waals surface area contributed by atoms with Gasteiger partial charge in [0.2, 0.25) is 0 Å². The number of halogens is 1. The number of nitrogens with one attached hydrogen (secondary N) is 2. The molecule has 1 aromatic heterocycles. The number of carbonyl (C=O) groups is 1. The van der Waals surface area contributed by atoms with Crippen molar-refractivity contribution in [2.45, 2.75) is 25.8 Å². The van der Waals surface area contributed by atoms with Gasteiger partial charge in [0.25, 0.3) is 5.91 Å². The summed E-state index contributed by atoms with van der Waals surface area (Å²) in [4.78, 5) is 12.4. The van der Waals surface area contributed by atoms with E-state index in [0.29, 0.717) is 5.56 Å². The third kappa shape index (κ3) is 4.91. The summed E-state index contributed by atoms with van der Waals surface area (Å²) in [5.74, 6) is -0.375. The molecular weight excluding hydrogens is 391 g/mol. The zero-order valence-corrected chi connectivity index (χ0v) is 17.9. The molecule has 31 heavy (non-hydrogen) atoms. The van der Waals surface area contributed by atoms with Gasteiger partial charge in [-0.05, 0) is 67.3 Å². The predicted octanol–water partition coefficient (Wildman–Crippen LogP) is 4.24. The Labute approximate surface area is 182 Å². The second-order valence-corrected chi connectivity index (χ2v) is 7.96. The van der Waals surface area contributed by atoms with E-state index in [9.17, 15) is 9.18 Å². The molecule has 1 atom stereocenters.